The van der Waals surface area contributed by atoms with Crippen molar-refractivity contribution in [3.63, 3.8) is 0 Å². The van der Waals surface area contributed by atoms with E-state index in [9.17, 15) is 9.67 Å². The van der Waals surface area contributed by atoms with Crippen LogP contribution in [0.5, 0.6) is 86.2 Å². The molecule has 15 heteroatoms. The van der Waals surface area contributed by atoms with E-state index in [1.54, 1.807) is 24.3 Å². The van der Waals surface area contributed by atoms with Crippen molar-refractivity contribution < 1.29 is 61.2 Å². The summed E-state index contributed by atoms with van der Waals surface area (Å²) in [7, 11) is -7.31. The van der Waals surface area contributed by atoms with Crippen LogP contribution in [0.15, 0.2) is 267 Å². The zero-order valence-electron chi connectivity index (χ0n) is 66.3. The fourth-order valence-electron chi connectivity index (χ4n) is 15.3. The number of rotatable bonds is 23. The van der Waals surface area contributed by atoms with Gasteiger partial charge in [0.25, 0.3) is 0 Å². The maximum Gasteiger partial charge on any atom is 0.311 e. The summed E-state index contributed by atoms with van der Waals surface area (Å²) >= 11 is 0. The lowest BCUT2D eigenvalue weighted by Crippen LogP contribution is -2.26. The molecule has 3 unspecified atom stereocenters. The Balaban J connectivity index is 0.504. The van der Waals surface area contributed by atoms with Crippen LogP contribution in [-0.4, -0.2) is 5.11 Å². The lowest BCUT2D eigenvalue weighted by Gasteiger charge is -2.30. The standard InChI is InChI=1S/C100H88O13P2/c1-60-29-48-92(96(49-60)115(103)94-28-20-16-24-86(94)84-22-14-18-26-91(84)113-115)105-58-73-32-40-78(41-33-73)109-79-44-36-75(37-45-79)71(12)107-98-63(4)52-82(53-64(98)5)111-100-66(7)55-88(68(9)70(100)11)87-54-65(6)99(69(10)67(87)8)110-81-50-61(2)97(62(3)51-81)106-59-74-34-42-77(43-35-74)108-76-38-30-72(31-39-76)57-104-80-46-47-89(101)95(56-80)114(102)93-27-19-15-23-85(93)83-21-13-17-25-90(83)112-114/h13-56,71,101H,57-59H2,1-12H3. The number of ether oxygens (including phenoxy) is 8. The van der Waals surface area contributed by atoms with Gasteiger partial charge in [-0.15, -0.1) is 0 Å². The summed E-state index contributed by atoms with van der Waals surface area (Å²) in [5, 5.41) is 12.9. The molecular weight excluding hydrogens is 1470 g/mol. The lowest BCUT2D eigenvalue weighted by atomic mass is 9.88. The topological polar surface area (TPSA) is 147 Å². The second kappa shape index (κ2) is 31.7. The zero-order chi connectivity index (χ0) is 80.0. The third kappa shape index (κ3) is 15.5. The largest absolute Gasteiger partial charge is 0.507 e. The predicted octanol–water partition coefficient (Wildman–Crippen LogP) is 25.1. The van der Waals surface area contributed by atoms with Crippen LogP contribution in [-0.2, 0) is 29.0 Å². The van der Waals surface area contributed by atoms with Crippen LogP contribution in [0.2, 0.25) is 0 Å². The summed E-state index contributed by atoms with van der Waals surface area (Å²) < 4.78 is 94.6. The first-order valence-corrected chi connectivity index (χ1v) is 41.8. The summed E-state index contributed by atoms with van der Waals surface area (Å²) in [5.74, 6) is 9.40. The van der Waals surface area contributed by atoms with Gasteiger partial charge in [0.15, 0.2) is 0 Å². The first-order valence-electron chi connectivity index (χ1n) is 38.5. The van der Waals surface area contributed by atoms with Gasteiger partial charge in [0.1, 0.15) is 112 Å². The summed E-state index contributed by atoms with van der Waals surface area (Å²) in [5.41, 5.74) is 20.9. The first-order chi connectivity index (χ1) is 55.5. The van der Waals surface area contributed by atoms with E-state index < -0.39 is 14.7 Å². The van der Waals surface area contributed by atoms with Gasteiger partial charge in [-0.2, -0.15) is 0 Å². The molecule has 14 aromatic carbocycles. The number of benzene rings is 14. The van der Waals surface area contributed by atoms with Crippen LogP contribution in [0.1, 0.15) is 96.5 Å². The summed E-state index contributed by atoms with van der Waals surface area (Å²) in [6.45, 7) is 25.9. The van der Waals surface area contributed by atoms with Crippen LogP contribution in [0, 0.1) is 76.2 Å². The third-order valence-electron chi connectivity index (χ3n) is 21.7. The van der Waals surface area contributed by atoms with E-state index in [0.717, 1.165) is 151 Å². The molecule has 0 saturated heterocycles. The minimum Gasteiger partial charge on any atom is -0.507 e. The van der Waals surface area contributed by atoms with Crippen molar-refractivity contribution in [1.29, 1.82) is 0 Å². The van der Waals surface area contributed by atoms with Gasteiger partial charge >= 0.3 is 14.7 Å². The highest BCUT2D eigenvalue weighted by atomic mass is 31.2. The van der Waals surface area contributed by atoms with Gasteiger partial charge < -0.3 is 52.0 Å². The quantitative estimate of drug-likeness (QED) is 0.0607. The molecule has 0 radical (unpaired) electrons. The molecule has 2 aliphatic heterocycles. The molecule has 115 heavy (non-hydrogen) atoms. The average molecular weight is 1560 g/mol. The molecule has 0 aromatic heterocycles. The van der Waals surface area contributed by atoms with E-state index in [-0.39, 0.29) is 30.4 Å². The first kappa shape index (κ1) is 76.3. The predicted molar refractivity (Wildman–Crippen MR) is 458 cm³/mol. The van der Waals surface area contributed by atoms with Crippen molar-refractivity contribution in [2.45, 2.75) is 109 Å². The molecule has 576 valence electrons. The minimum absolute atomic E-state index is 0.131. The lowest BCUT2D eigenvalue weighted by molar-refractivity contribution is 0.223. The van der Waals surface area contributed by atoms with Gasteiger partial charge in [-0.3, -0.25) is 9.13 Å². The number of aryl methyl sites for hydroxylation is 7. The maximum absolute atomic E-state index is 15.1. The number of hydrogen-bond acceptors (Lipinski definition) is 13. The van der Waals surface area contributed by atoms with Gasteiger partial charge in [-0.25, -0.2) is 0 Å². The number of aromatic hydroxyl groups is 1. The summed E-state index contributed by atoms with van der Waals surface area (Å²) in [6.07, 6.45) is -0.253. The normalized spacial score (nSPS) is 14.6. The summed E-state index contributed by atoms with van der Waals surface area (Å²) in [6, 6.07) is 84.9. The van der Waals surface area contributed by atoms with E-state index >= 15 is 4.57 Å². The van der Waals surface area contributed by atoms with E-state index in [1.165, 1.54) is 6.07 Å². The Bertz CT molecular complexity index is 6140. The van der Waals surface area contributed by atoms with Gasteiger partial charge in [0.05, 0.1) is 21.2 Å². The molecule has 0 fully saturated rings. The fourth-order valence-corrected chi connectivity index (χ4v) is 20.2. The molecule has 1 N–H and O–H groups in total. The summed E-state index contributed by atoms with van der Waals surface area (Å²) in [4.78, 5) is 0. The minimum atomic E-state index is -3.73. The second-order valence-electron chi connectivity index (χ2n) is 29.9. The maximum atomic E-state index is 15.1. The fraction of sp³-hybridized carbons (Fsp3) is 0.160. The van der Waals surface area contributed by atoms with Crippen molar-refractivity contribution in [3.05, 3.63) is 350 Å². The van der Waals surface area contributed by atoms with E-state index in [1.807, 2.05) is 233 Å². The van der Waals surface area contributed by atoms with Crippen LogP contribution >= 0.6 is 14.7 Å². The van der Waals surface area contributed by atoms with E-state index in [2.05, 4.69) is 86.6 Å². The average Bonchev–Trinajstić information content (AvgIpc) is 0.735. The second-order valence-corrected chi connectivity index (χ2v) is 34.4. The molecule has 2 heterocycles. The Labute approximate surface area is 672 Å². The van der Waals surface area contributed by atoms with Gasteiger partial charge in [-0.1, -0.05) is 127 Å². The van der Waals surface area contributed by atoms with Gasteiger partial charge in [-0.05, 0) is 328 Å². The molecule has 14 aromatic rings. The molecule has 0 amide bonds. The van der Waals surface area contributed by atoms with Crippen molar-refractivity contribution in [3.8, 4) is 120 Å². The Morgan fingerprint density at radius 2 is 0.704 bits per heavy atom. The van der Waals surface area contributed by atoms with Crippen LogP contribution in [0.25, 0.3) is 33.4 Å². The number of phenols is 1. The molecule has 0 aliphatic carbocycles. The molecular formula is C100H88O13P2. The highest BCUT2D eigenvalue weighted by molar-refractivity contribution is 7.75. The Morgan fingerprint density at radius 3 is 1.18 bits per heavy atom. The number of fused-ring (bicyclic) bond motifs is 6. The molecule has 3 atom stereocenters. The Hall–Kier alpha value is -12.7. The smallest absolute Gasteiger partial charge is 0.311 e. The number of para-hydroxylation sites is 2. The van der Waals surface area contributed by atoms with Crippen molar-refractivity contribution in [1.82, 2.24) is 0 Å². The SMILES string of the molecule is Cc1ccc(OCc2ccc(Oc3ccc(C(C)Oc4c(C)cc(Oc5c(C)cc(-c6cc(C)c(Oc7cc(C)c(OCc8ccc(Oc9ccc(COc%10ccc(O)c(P%11(=O)Oc%12ccccc%12-c%12ccccc%12%11)c%10)cc9)cc8)c(C)c7)c(C)c6C)c(C)c5C)cc4C)cc3)cc2)c(P2(=O)Oc3ccccc3-c3ccccc32)c1. The van der Waals surface area contributed by atoms with E-state index in [4.69, 9.17) is 46.9 Å². The highest BCUT2D eigenvalue weighted by Crippen LogP contribution is 2.57. The van der Waals surface area contributed by atoms with Gasteiger partial charge in [0.2, 0.25) is 0 Å². The van der Waals surface area contributed by atoms with Crippen molar-refractivity contribution >= 4 is 36.0 Å². The Kier molecular flexibility index (Phi) is 21.1. The number of hydrogen-bond donors (Lipinski definition) is 1. The Morgan fingerprint density at radius 1 is 0.313 bits per heavy atom. The van der Waals surface area contributed by atoms with Crippen LogP contribution in [0.4, 0.5) is 0 Å². The molecule has 0 spiro atoms. The van der Waals surface area contributed by atoms with Crippen LogP contribution < -0.4 is 68.2 Å². The van der Waals surface area contributed by atoms with E-state index in [0.29, 0.717) is 68.5 Å². The van der Waals surface area contributed by atoms with Crippen molar-refractivity contribution in [2.24, 2.45) is 0 Å². The zero-order valence-corrected chi connectivity index (χ0v) is 68.1. The molecule has 16 rings (SSSR count). The highest BCUT2D eigenvalue weighted by Gasteiger charge is 2.42. The molecule has 0 saturated carbocycles. The molecule has 13 nitrogen and oxygen atoms in total. The number of phenolic OH excluding ortho intramolecular Hbond substituents is 1. The molecule has 0 bridgehead atoms. The van der Waals surface area contributed by atoms with Gasteiger partial charge in [0, 0.05) is 11.1 Å². The van der Waals surface area contributed by atoms with Crippen LogP contribution in [0.3, 0.4) is 0 Å². The molecule has 2 aliphatic rings. The monoisotopic (exact) mass is 1560 g/mol. The van der Waals surface area contributed by atoms with Crippen molar-refractivity contribution in [2.75, 3.05) is 0 Å². The third-order valence-corrected chi connectivity index (χ3v) is 26.6.